The molecule has 0 aliphatic heterocycles. The van der Waals surface area contributed by atoms with Crippen LogP contribution in [0.4, 0.5) is 11.7 Å². The van der Waals surface area contributed by atoms with Gasteiger partial charge < -0.3 is 9.73 Å². The fraction of sp³-hybridized carbons (Fsp3) is 0.300. The third kappa shape index (κ3) is 4.57. The maximum absolute atomic E-state index is 12.0. The average Bonchev–Trinajstić information content (AvgIpc) is 3.03. The molecule has 0 bridgehead atoms. The van der Waals surface area contributed by atoms with E-state index in [9.17, 15) is 4.79 Å². The molecule has 26 heavy (non-hydrogen) atoms. The van der Waals surface area contributed by atoms with Gasteiger partial charge in [-0.2, -0.15) is 4.98 Å². The summed E-state index contributed by atoms with van der Waals surface area (Å²) in [6.45, 7) is 3.85. The van der Waals surface area contributed by atoms with Gasteiger partial charge in [0.25, 0.3) is 6.01 Å². The number of carbonyl (C=O) groups is 1. The van der Waals surface area contributed by atoms with Gasteiger partial charge in [-0.25, -0.2) is 0 Å². The summed E-state index contributed by atoms with van der Waals surface area (Å²) >= 11 is 4.71. The van der Waals surface area contributed by atoms with Gasteiger partial charge in [0, 0.05) is 26.9 Å². The van der Waals surface area contributed by atoms with Crippen molar-refractivity contribution in [3.8, 4) is 0 Å². The van der Waals surface area contributed by atoms with Crippen molar-refractivity contribution in [2.24, 2.45) is 5.92 Å². The number of hydrogen-bond donors (Lipinski definition) is 1. The van der Waals surface area contributed by atoms with E-state index < -0.39 is 0 Å². The second-order valence-electron chi connectivity index (χ2n) is 6.50. The number of Topliss-reactive ketones (excluding diaryl/α,β-unsaturated/α-hetero) is 1. The molecule has 3 aromatic rings. The normalized spacial score (nSPS) is 11.3. The number of halogens is 2. The molecule has 0 saturated heterocycles. The number of alkyl halides is 2. The van der Waals surface area contributed by atoms with E-state index >= 15 is 0 Å². The van der Waals surface area contributed by atoms with Crippen LogP contribution in [0, 0.1) is 5.92 Å². The number of carbonyl (C=O) groups excluding carboxylic acids is 1. The summed E-state index contributed by atoms with van der Waals surface area (Å²) in [5, 5.41) is 3.31. The van der Waals surface area contributed by atoms with Crippen LogP contribution >= 0.6 is 45.2 Å². The van der Waals surface area contributed by atoms with Gasteiger partial charge in [-0.15, -0.1) is 0 Å². The fourth-order valence-corrected chi connectivity index (χ4v) is 3.73. The van der Waals surface area contributed by atoms with Gasteiger partial charge in [0.15, 0.2) is 5.58 Å². The van der Waals surface area contributed by atoms with Crippen LogP contribution in [0.2, 0.25) is 0 Å². The molecule has 1 heterocycles. The number of hydrogen-bond acceptors (Lipinski definition) is 4. The third-order valence-corrected chi connectivity index (χ3v) is 5.89. The van der Waals surface area contributed by atoms with Crippen LogP contribution < -0.4 is 5.32 Å². The van der Waals surface area contributed by atoms with Crippen molar-refractivity contribution in [2.75, 3.05) is 5.32 Å². The van der Waals surface area contributed by atoms with Crippen molar-refractivity contribution < 1.29 is 9.21 Å². The molecular weight excluding hydrogens is 554 g/mol. The van der Waals surface area contributed by atoms with E-state index in [-0.39, 0.29) is 11.7 Å². The molecule has 1 aromatic heterocycles. The topological polar surface area (TPSA) is 55.1 Å². The van der Waals surface area contributed by atoms with Crippen LogP contribution in [0.1, 0.15) is 30.5 Å². The Morgan fingerprint density at radius 2 is 1.88 bits per heavy atom. The van der Waals surface area contributed by atoms with Crippen molar-refractivity contribution in [3.63, 3.8) is 0 Å². The molecule has 2 aromatic carbocycles. The highest BCUT2D eigenvalue weighted by Gasteiger charge is 2.12. The van der Waals surface area contributed by atoms with Gasteiger partial charge >= 0.3 is 0 Å². The molecule has 0 spiro atoms. The SMILES string of the molecule is CC(C)C(=O)Cc1ccc2nc(Nc3cc(CI)ccc3CI)oc2c1. The van der Waals surface area contributed by atoms with E-state index in [4.69, 9.17) is 4.42 Å². The first-order valence-electron chi connectivity index (χ1n) is 8.43. The minimum absolute atomic E-state index is 0.0366. The molecule has 6 heteroatoms. The molecule has 4 nitrogen and oxygen atoms in total. The molecule has 3 rings (SSSR count). The lowest BCUT2D eigenvalue weighted by molar-refractivity contribution is -0.121. The number of nitrogens with one attached hydrogen (secondary N) is 1. The Bertz CT molecular complexity index is 935. The highest BCUT2D eigenvalue weighted by atomic mass is 127. The Balaban J connectivity index is 1.87. The van der Waals surface area contributed by atoms with Gasteiger partial charge in [0.05, 0.1) is 0 Å². The molecule has 0 fully saturated rings. The zero-order valence-electron chi connectivity index (χ0n) is 14.7. The summed E-state index contributed by atoms with van der Waals surface area (Å²) < 4.78 is 7.75. The Labute approximate surface area is 180 Å². The first-order chi connectivity index (χ1) is 12.5. The highest BCUT2D eigenvalue weighted by Crippen LogP contribution is 2.28. The van der Waals surface area contributed by atoms with E-state index in [1.54, 1.807) is 0 Å². The molecule has 0 saturated carbocycles. The van der Waals surface area contributed by atoms with Crippen molar-refractivity contribution in [1.82, 2.24) is 4.98 Å². The molecular formula is C20H20I2N2O2. The maximum atomic E-state index is 12.0. The number of fused-ring (bicyclic) bond motifs is 1. The quantitative estimate of drug-likeness (QED) is 0.270. The van der Waals surface area contributed by atoms with Gasteiger partial charge in [0.1, 0.15) is 11.3 Å². The number of rotatable bonds is 7. The van der Waals surface area contributed by atoms with E-state index in [1.807, 2.05) is 32.0 Å². The molecule has 0 amide bonds. The van der Waals surface area contributed by atoms with Crippen LogP contribution in [0.3, 0.4) is 0 Å². The Morgan fingerprint density at radius 1 is 1.12 bits per heavy atom. The van der Waals surface area contributed by atoms with Gasteiger partial charge in [-0.05, 0) is 34.9 Å². The van der Waals surface area contributed by atoms with Crippen molar-refractivity contribution in [3.05, 3.63) is 53.1 Å². The second-order valence-corrected chi connectivity index (χ2v) is 8.03. The van der Waals surface area contributed by atoms with Crippen LogP contribution in [0.5, 0.6) is 0 Å². The lowest BCUT2D eigenvalue weighted by Crippen LogP contribution is -2.09. The summed E-state index contributed by atoms with van der Waals surface area (Å²) in [5.41, 5.74) is 5.93. The maximum Gasteiger partial charge on any atom is 0.300 e. The molecule has 0 aliphatic carbocycles. The smallest absolute Gasteiger partial charge is 0.300 e. The van der Waals surface area contributed by atoms with E-state index in [2.05, 4.69) is 73.7 Å². The van der Waals surface area contributed by atoms with Crippen molar-refractivity contribution in [1.29, 1.82) is 0 Å². The molecule has 136 valence electrons. The summed E-state index contributed by atoms with van der Waals surface area (Å²) in [7, 11) is 0. The standard InChI is InChI=1S/C20H20I2N2O2/c1-12(2)18(25)8-13-4-6-16-19(9-13)26-20(23-16)24-17-7-14(10-21)3-5-15(17)11-22/h3-7,9,12H,8,10-11H2,1-2H3,(H,23,24). The minimum Gasteiger partial charge on any atom is -0.423 e. The molecule has 1 N–H and O–H groups in total. The van der Waals surface area contributed by atoms with E-state index in [0.29, 0.717) is 18.0 Å². The van der Waals surface area contributed by atoms with Crippen LogP contribution in [0.15, 0.2) is 40.8 Å². The first kappa shape index (κ1) is 19.6. The molecule has 0 unspecified atom stereocenters. The Morgan fingerprint density at radius 3 is 2.58 bits per heavy atom. The lowest BCUT2D eigenvalue weighted by Gasteiger charge is -2.09. The van der Waals surface area contributed by atoms with E-state index in [1.165, 1.54) is 11.1 Å². The third-order valence-electron chi connectivity index (χ3n) is 4.19. The molecule has 0 aliphatic rings. The second kappa shape index (κ2) is 8.69. The summed E-state index contributed by atoms with van der Waals surface area (Å²) in [6.07, 6.45) is 0.424. The number of ketones is 1. The Kier molecular flexibility index (Phi) is 6.55. The first-order valence-corrected chi connectivity index (χ1v) is 11.5. The number of nitrogens with zero attached hydrogens (tertiary/aromatic N) is 1. The van der Waals surface area contributed by atoms with Gasteiger partial charge in [-0.3, -0.25) is 4.79 Å². The predicted octanol–water partition coefficient (Wildman–Crippen LogP) is 6.21. The average molecular weight is 574 g/mol. The predicted molar refractivity (Wildman–Crippen MR) is 123 cm³/mol. The van der Waals surface area contributed by atoms with E-state index in [0.717, 1.165) is 25.6 Å². The monoisotopic (exact) mass is 574 g/mol. The highest BCUT2D eigenvalue weighted by molar-refractivity contribution is 14.1. The minimum atomic E-state index is 0.0366. The molecule has 0 atom stereocenters. The zero-order chi connectivity index (χ0) is 18.7. The summed E-state index contributed by atoms with van der Waals surface area (Å²) in [5.74, 6) is 0.263. The van der Waals surface area contributed by atoms with Crippen LogP contribution in [-0.2, 0) is 20.1 Å². The fourth-order valence-electron chi connectivity index (χ4n) is 2.59. The van der Waals surface area contributed by atoms with Gasteiger partial charge in [0.2, 0.25) is 0 Å². The van der Waals surface area contributed by atoms with Crippen molar-refractivity contribution >= 4 is 73.8 Å². The Hall–Kier alpha value is -1.16. The van der Waals surface area contributed by atoms with Crippen molar-refractivity contribution in [2.45, 2.75) is 29.1 Å². The zero-order valence-corrected chi connectivity index (χ0v) is 19.0. The number of anilines is 2. The number of aromatic nitrogens is 1. The van der Waals surface area contributed by atoms with Crippen LogP contribution in [-0.4, -0.2) is 10.8 Å². The number of benzene rings is 2. The number of oxazole rings is 1. The molecule has 0 radical (unpaired) electrons. The van der Waals surface area contributed by atoms with Crippen LogP contribution in [0.25, 0.3) is 11.1 Å². The lowest BCUT2D eigenvalue weighted by atomic mass is 10.0. The summed E-state index contributed by atoms with van der Waals surface area (Å²) in [6, 6.07) is 12.7. The van der Waals surface area contributed by atoms with Gasteiger partial charge in [-0.1, -0.05) is 77.2 Å². The summed E-state index contributed by atoms with van der Waals surface area (Å²) in [4.78, 5) is 16.5. The largest absolute Gasteiger partial charge is 0.423 e.